The summed E-state index contributed by atoms with van der Waals surface area (Å²) >= 11 is 0. The van der Waals surface area contributed by atoms with Crippen LogP contribution < -0.4 is 5.32 Å². The van der Waals surface area contributed by atoms with Crippen LogP contribution in [0, 0.1) is 11.3 Å². The SMILES string of the molecule is CN=C(NCC1CCOCC1)N1CCC2(CCOC2)C1. The second-order valence-corrected chi connectivity index (χ2v) is 6.46. The number of nitrogens with one attached hydrogen (secondary N) is 1. The van der Waals surface area contributed by atoms with Crippen molar-refractivity contribution in [2.24, 2.45) is 16.3 Å². The van der Waals surface area contributed by atoms with Gasteiger partial charge >= 0.3 is 0 Å². The Labute approximate surface area is 121 Å². The maximum atomic E-state index is 5.60. The standard InChI is InChI=1S/C15H27N3O2/c1-16-14(17-10-13-2-7-19-8-3-13)18-6-4-15(11-18)5-9-20-12-15/h13H,2-12H2,1H3,(H,16,17). The minimum atomic E-state index is 0.399. The zero-order chi connectivity index (χ0) is 13.8. The number of hydrogen-bond donors (Lipinski definition) is 1. The maximum absolute atomic E-state index is 5.60. The highest BCUT2D eigenvalue weighted by molar-refractivity contribution is 5.80. The lowest BCUT2D eigenvalue weighted by Gasteiger charge is -2.27. The normalized spacial score (nSPS) is 32.2. The molecule has 3 rings (SSSR count). The lowest BCUT2D eigenvalue weighted by molar-refractivity contribution is 0.0673. The molecule has 3 aliphatic rings. The lowest BCUT2D eigenvalue weighted by atomic mass is 9.87. The summed E-state index contributed by atoms with van der Waals surface area (Å²) < 4.78 is 11.0. The van der Waals surface area contributed by atoms with Gasteiger partial charge < -0.3 is 19.7 Å². The van der Waals surface area contributed by atoms with Crippen molar-refractivity contribution in [3.8, 4) is 0 Å². The van der Waals surface area contributed by atoms with Crippen molar-refractivity contribution < 1.29 is 9.47 Å². The smallest absolute Gasteiger partial charge is 0.193 e. The van der Waals surface area contributed by atoms with Crippen LogP contribution in [-0.2, 0) is 9.47 Å². The summed E-state index contributed by atoms with van der Waals surface area (Å²) in [7, 11) is 1.89. The number of ether oxygens (including phenoxy) is 2. The Morgan fingerprint density at radius 2 is 2.10 bits per heavy atom. The molecule has 1 spiro atoms. The highest BCUT2D eigenvalue weighted by atomic mass is 16.5. The molecule has 114 valence electrons. The van der Waals surface area contributed by atoms with E-state index >= 15 is 0 Å². The van der Waals surface area contributed by atoms with E-state index in [0.717, 1.165) is 57.9 Å². The van der Waals surface area contributed by atoms with Crippen molar-refractivity contribution in [1.29, 1.82) is 0 Å². The van der Waals surface area contributed by atoms with Gasteiger partial charge in [-0.25, -0.2) is 0 Å². The first-order chi connectivity index (χ1) is 9.81. The van der Waals surface area contributed by atoms with E-state index in [2.05, 4.69) is 15.2 Å². The third-order valence-corrected chi connectivity index (χ3v) is 5.02. The van der Waals surface area contributed by atoms with Gasteiger partial charge in [0.25, 0.3) is 0 Å². The van der Waals surface area contributed by atoms with Crippen LogP contribution >= 0.6 is 0 Å². The van der Waals surface area contributed by atoms with Gasteiger partial charge in [0.1, 0.15) is 0 Å². The van der Waals surface area contributed by atoms with E-state index in [-0.39, 0.29) is 0 Å². The van der Waals surface area contributed by atoms with Crippen molar-refractivity contribution in [3.05, 3.63) is 0 Å². The molecular formula is C15H27N3O2. The Balaban J connectivity index is 1.49. The maximum Gasteiger partial charge on any atom is 0.193 e. The molecule has 3 fully saturated rings. The molecule has 0 aromatic carbocycles. The summed E-state index contributed by atoms with van der Waals surface area (Å²) in [5, 5.41) is 3.57. The molecule has 5 nitrogen and oxygen atoms in total. The average molecular weight is 281 g/mol. The predicted octanol–water partition coefficient (Wildman–Crippen LogP) is 1.10. The number of likely N-dealkylation sites (tertiary alicyclic amines) is 1. The van der Waals surface area contributed by atoms with Crippen LogP contribution in [0.5, 0.6) is 0 Å². The Kier molecular flexibility index (Phi) is 4.46. The van der Waals surface area contributed by atoms with Gasteiger partial charge in [0, 0.05) is 51.9 Å². The topological polar surface area (TPSA) is 46.1 Å². The number of guanidine groups is 1. The van der Waals surface area contributed by atoms with Crippen LogP contribution in [0.4, 0.5) is 0 Å². The molecule has 3 saturated heterocycles. The Morgan fingerprint density at radius 1 is 1.25 bits per heavy atom. The fraction of sp³-hybridized carbons (Fsp3) is 0.933. The fourth-order valence-corrected chi connectivity index (χ4v) is 3.61. The number of nitrogens with zero attached hydrogens (tertiary/aromatic N) is 2. The van der Waals surface area contributed by atoms with Crippen molar-refractivity contribution in [2.75, 3.05) is 53.1 Å². The van der Waals surface area contributed by atoms with E-state index < -0.39 is 0 Å². The molecule has 1 unspecified atom stereocenters. The molecule has 0 radical (unpaired) electrons. The van der Waals surface area contributed by atoms with E-state index in [1.54, 1.807) is 0 Å². The summed E-state index contributed by atoms with van der Waals surface area (Å²) in [6.45, 7) is 6.92. The molecule has 0 bridgehead atoms. The van der Waals surface area contributed by atoms with Gasteiger partial charge in [0.05, 0.1) is 6.61 Å². The number of hydrogen-bond acceptors (Lipinski definition) is 3. The Morgan fingerprint density at radius 3 is 2.80 bits per heavy atom. The van der Waals surface area contributed by atoms with Gasteiger partial charge in [-0.2, -0.15) is 0 Å². The number of rotatable bonds is 2. The van der Waals surface area contributed by atoms with Gasteiger partial charge in [-0.05, 0) is 31.6 Å². The monoisotopic (exact) mass is 281 g/mol. The zero-order valence-electron chi connectivity index (χ0n) is 12.6. The van der Waals surface area contributed by atoms with Crippen LogP contribution in [0.3, 0.4) is 0 Å². The first-order valence-electron chi connectivity index (χ1n) is 7.92. The van der Waals surface area contributed by atoms with Crippen molar-refractivity contribution in [3.63, 3.8) is 0 Å². The van der Waals surface area contributed by atoms with Gasteiger partial charge in [-0.1, -0.05) is 0 Å². The zero-order valence-corrected chi connectivity index (χ0v) is 12.6. The van der Waals surface area contributed by atoms with E-state index in [1.165, 1.54) is 25.7 Å². The van der Waals surface area contributed by atoms with Crippen molar-refractivity contribution >= 4 is 5.96 Å². The molecular weight excluding hydrogens is 254 g/mol. The molecule has 5 heteroatoms. The average Bonchev–Trinajstić information content (AvgIpc) is 3.12. The molecule has 0 aromatic rings. The van der Waals surface area contributed by atoms with Gasteiger partial charge in [0.15, 0.2) is 5.96 Å². The summed E-state index contributed by atoms with van der Waals surface area (Å²) in [5.41, 5.74) is 0.399. The minimum Gasteiger partial charge on any atom is -0.381 e. The largest absolute Gasteiger partial charge is 0.381 e. The second kappa shape index (κ2) is 6.31. The first-order valence-corrected chi connectivity index (χ1v) is 7.92. The molecule has 20 heavy (non-hydrogen) atoms. The second-order valence-electron chi connectivity index (χ2n) is 6.46. The van der Waals surface area contributed by atoms with Crippen LogP contribution in [0.1, 0.15) is 25.7 Å². The van der Waals surface area contributed by atoms with E-state index in [0.29, 0.717) is 5.41 Å². The molecule has 1 atom stereocenters. The third-order valence-electron chi connectivity index (χ3n) is 5.02. The molecule has 1 N–H and O–H groups in total. The van der Waals surface area contributed by atoms with Crippen molar-refractivity contribution in [2.45, 2.75) is 25.7 Å². The fourth-order valence-electron chi connectivity index (χ4n) is 3.61. The lowest BCUT2D eigenvalue weighted by Crippen LogP contribution is -2.43. The Hall–Kier alpha value is -0.810. The third kappa shape index (κ3) is 3.09. The van der Waals surface area contributed by atoms with Crippen molar-refractivity contribution in [1.82, 2.24) is 10.2 Å². The summed E-state index contributed by atoms with van der Waals surface area (Å²) in [6, 6.07) is 0. The molecule has 0 aliphatic carbocycles. The first kappa shape index (κ1) is 14.1. The molecule has 3 heterocycles. The van der Waals surface area contributed by atoms with Crippen LogP contribution in [0.2, 0.25) is 0 Å². The van der Waals surface area contributed by atoms with Crippen LogP contribution in [0.25, 0.3) is 0 Å². The minimum absolute atomic E-state index is 0.399. The molecule has 0 saturated carbocycles. The molecule has 0 amide bonds. The van der Waals surface area contributed by atoms with Crippen LogP contribution in [0.15, 0.2) is 4.99 Å². The van der Waals surface area contributed by atoms with E-state index in [9.17, 15) is 0 Å². The predicted molar refractivity (Wildman–Crippen MR) is 79.0 cm³/mol. The highest BCUT2D eigenvalue weighted by Crippen LogP contribution is 2.38. The quantitative estimate of drug-likeness (QED) is 0.608. The van der Waals surface area contributed by atoms with E-state index in [1.807, 2.05) is 7.05 Å². The van der Waals surface area contributed by atoms with E-state index in [4.69, 9.17) is 9.47 Å². The number of aliphatic imine (C=N–C) groups is 1. The summed E-state index contributed by atoms with van der Waals surface area (Å²) in [5.74, 6) is 1.80. The summed E-state index contributed by atoms with van der Waals surface area (Å²) in [4.78, 5) is 6.88. The molecule has 3 aliphatic heterocycles. The summed E-state index contributed by atoms with van der Waals surface area (Å²) in [6.07, 6.45) is 4.79. The van der Waals surface area contributed by atoms with Gasteiger partial charge in [-0.15, -0.1) is 0 Å². The van der Waals surface area contributed by atoms with Gasteiger partial charge in [0.2, 0.25) is 0 Å². The van der Waals surface area contributed by atoms with Crippen LogP contribution in [-0.4, -0.2) is 64.0 Å². The Bertz CT molecular complexity index is 347. The molecule has 0 aromatic heterocycles. The van der Waals surface area contributed by atoms with Gasteiger partial charge in [-0.3, -0.25) is 4.99 Å². The highest BCUT2D eigenvalue weighted by Gasteiger charge is 2.42.